The van der Waals surface area contributed by atoms with E-state index in [0.29, 0.717) is 19.6 Å². The summed E-state index contributed by atoms with van der Waals surface area (Å²) in [5.41, 5.74) is 0.866. The van der Waals surface area contributed by atoms with E-state index in [0.717, 1.165) is 18.1 Å². The van der Waals surface area contributed by atoms with Crippen LogP contribution in [0.5, 0.6) is 0 Å². The lowest BCUT2D eigenvalue weighted by atomic mass is 10.2. The third kappa shape index (κ3) is 6.32. The molecule has 0 aromatic heterocycles. The summed E-state index contributed by atoms with van der Waals surface area (Å²) in [7, 11) is -3.36. The lowest BCUT2D eigenvalue weighted by Gasteiger charge is -2.04. The monoisotopic (exact) mass is 295 g/mol. The molecule has 0 unspecified atom stereocenters. The molecule has 0 heterocycles. The van der Waals surface area contributed by atoms with E-state index in [1.165, 1.54) is 18.2 Å². The van der Waals surface area contributed by atoms with E-state index in [-0.39, 0.29) is 0 Å². The van der Waals surface area contributed by atoms with Crippen molar-refractivity contribution in [2.24, 2.45) is 5.92 Å². The highest BCUT2D eigenvalue weighted by Crippen LogP contribution is 2.28. The Hall–Kier alpha value is -1.17. The average Bonchev–Trinajstić information content (AvgIpc) is 3.26. The van der Waals surface area contributed by atoms with Crippen molar-refractivity contribution < 1.29 is 13.2 Å². The second-order valence-electron chi connectivity index (χ2n) is 5.02. The highest BCUT2D eigenvalue weighted by molar-refractivity contribution is 7.92. The molecule has 1 saturated carbocycles. The summed E-state index contributed by atoms with van der Waals surface area (Å²) in [6, 6.07) is 9.36. The zero-order valence-electron chi connectivity index (χ0n) is 11.5. The van der Waals surface area contributed by atoms with E-state index in [1.807, 2.05) is 30.3 Å². The van der Waals surface area contributed by atoms with Gasteiger partial charge in [-0.1, -0.05) is 30.3 Å². The van der Waals surface area contributed by atoms with Crippen LogP contribution in [-0.2, 0) is 14.8 Å². The van der Waals surface area contributed by atoms with Crippen molar-refractivity contribution in [3.8, 4) is 0 Å². The van der Waals surface area contributed by atoms with Crippen LogP contribution in [0, 0.1) is 5.92 Å². The number of benzene rings is 1. The standard InChI is InChI=1S/C15H21NO3S/c17-20(18,12-9-14-5-2-1-3-6-14)16-10-4-11-19-13-15-7-8-15/h1-3,5-6,9,12,15-16H,4,7-8,10-11,13H2/b12-9+. The minimum atomic E-state index is -3.36. The zero-order valence-corrected chi connectivity index (χ0v) is 12.3. The van der Waals surface area contributed by atoms with Crippen molar-refractivity contribution >= 4 is 16.1 Å². The van der Waals surface area contributed by atoms with Crippen LogP contribution < -0.4 is 4.72 Å². The first-order chi connectivity index (χ1) is 9.66. The molecule has 5 heteroatoms. The Balaban J connectivity index is 1.64. The van der Waals surface area contributed by atoms with Crippen molar-refractivity contribution in [1.82, 2.24) is 4.72 Å². The van der Waals surface area contributed by atoms with Crippen LogP contribution in [0.2, 0.25) is 0 Å². The molecule has 1 N–H and O–H groups in total. The Kier molecular flexibility index (Phi) is 5.76. The van der Waals surface area contributed by atoms with Gasteiger partial charge in [0.1, 0.15) is 0 Å². The molecule has 2 rings (SSSR count). The number of nitrogens with one attached hydrogen (secondary N) is 1. The Labute approximate surface area is 120 Å². The van der Waals surface area contributed by atoms with E-state index in [9.17, 15) is 8.42 Å². The first kappa shape index (κ1) is 15.2. The maximum absolute atomic E-state index is 11.7. The minimum absolute atomic E-state index is 0.409. The first-order valence-corrected chi connectivity index (χ1v) is 8.51. The SMILES string of the molecule is O=S(=O)(/C=C/c1ccccc1)NCCCOCC1CC1. The van der Waals surface area contributed by atoms with Gasteiger partial charge in [0.25, 0.3) is 0 Å². The lowest BCUT2D eigenvalue weighted by Crippen LogP contribution is -2.23. The van der Waals surface area contributed by atoms with E-state index in [1.54, 1.807) is 6.08 Å². The Morgan fingerprint density at radius 2 is 2.00 bits per heavy atom. The number of hydrogen-bond acceptors (Lipinski definition) is 3. The van der Waals surface area contributed by atoms with Gasteiger partial charge in [0.15, 0.2) is 0 Å². The summed E-state index contributed by atoms with van der Waals surface area (Å²) in [6.07, 6.45) is 4.84. The van der Waals surface area contributed by atoms with Gasteiger partial charge < -0.3 is 4.74 Å². The molecule has 0 saturated heterocycles. The molecule has 0 spiro atoms. The Morgan fingerprint density at radius 1 is 1.25 bits per heavy atom. The quantitative estimate of drug-likeness (QED) is 0.712. The van der Waals surface area contributed by atoms with E-state index in [2.05, 4.69) is 4.72 Å². The van der Waals surface area contributed by atoms with Crippen LogP contribution in [0.25, 0.3) is 6.08 Å². The Morgan fingerprint density at radius 3 is 2.70 bits per heavy atom. The summed E-state index contributed by atoms with van der Waals surface area (Å²) in [6.45, 7) is 1.84. The van der Waals surface area contributed by atoms with Crippen molar-refractivity contribution in [2.45, 2.75) is 19.3 Å². The highest BCUT2D eigenvalue weighted by atomic mass is 32.2. The van der Waals surface area contributed by atoms with Crippen molar-refractivity contribution in [1.29, 1.82) is 0 Å². The molecular formula is C15H21NO3S. The third-order valence-corrected chi connectivity index (χ3v) is 4.16. The maximum atomic E-state index is 11.7. The molecule has 20 heavy (non-hydrogen) atoms. The van der Waals surface area contributed by atoms with Crippen molar-refractivity contribution in [3.63, 3.8) is 0 Å². The smallest absolute Gasteiger partial charge is 0.233 e. The molecule has 1 aromatic carbocycles. The van der Waals surface area contributed by atoms with Crippen LogP contribution in [-0.4, -0.2) is 28.2 Å². The van der Waals surface area contributed by atoms with E-state index in [4.69, 9.17) is 4.74 Å². The van der Waals surface area contributed by atoms with Gasteiger partial charge in [-0.25, -0.2) is 13.1 Å². The van der Waals surface area contributed by atoms with Crippen LogP contribution in [0.3, 0.4) is 0 Å². The van der Waals surface area contributed by atoms with Gasteiger partial charge in [0, 0.05) is 25.2 Å². The molecule has 0 bridgehead atoms. The van der Waals surface area contributed by atoms with Crippen LogP contribution in [0.1, 0.15) is 24.8 Å². The van der Waals surface area contributed by atoms with Gasteiger partial charge in [0.05, 0.1) is 0 Å². The summed E-state index contributed by atoms with van der Waals surface area (Å²) >= 11 is 0. The summed E-state index contributed by atoms with van der Waals surface area (Å²) in [5, 5.41) is 1.20. The second kappa shape index (κ2) is 7.57. The normalized spacial score (nSPS) is 15.8. The molecule has 0 amide bonds. The van der Waals surface area contributed by atoms with Gasteiger partial charge in [-0.15, -0.1) is 0 Å². The fourth-order valence-electron chi connectivity index (χ4n) is 1.70. The predicted octanol–water partition coefficient (Wildman–Crippen LogP) is 2.39. The average molecular weight is 295 g/mol. The van der Waals surface area contributed by atoms with Crippen LogP contribution in [0.15, 0.2) is 35.7 Å². The molecular weight excluding hydrogens is 274 g/mol. The number of hydrogen-bond donors (Lipinski definition) is 1. The molecule has 0 radical (unpaired) electrons. The second-order valence-corrected chi connectivity index (χ2v) is 6.68. The predicted molar refractivity (Wildman–Crippen MR) is 80.6 cm³/mol. The number of sulfonamides is 1. The highest BCUT2D eigenvalue weighted by Gasteiger charge is 2.20. The van der Waals surface area contributed by atoms with Gasteiger partial charge in [-0.2, -0.15) is 0 Å². The topological polar surface area (TPSA) is 55.4 Å². The number of rotatable bonds is 9. The fourth-order valence-corrected chi connectivity index (χ4v) is 2.56. The molecule has 1 aliphatic rings. The number of ether oxygens (including phenoxy) is 1. The lowest BCUT2D eigenvalue weighted by molar-refractivity contribution is 0.123. The van der Waals surface area contributed by atoms with Gasteiger partial charge >= 0.3 is 0 Å². The van der Waals surface area contributed by atoms with E-state index >= 15 is 0 Å². The van der Waals surface area contributed by atoms with Gasteiger partial charge in [0.2, 0.25) is 10.0 Å². The maximum Gasteiger partial charge on any atom is 0.233 e. The third-order valence-electron chi connectivity index (χ3n) is 3.06. The summed E-state index contributed by atoms with van der Waals surface area (Å²) in [4.78, 5) is 0. The summed E-state index contributed by atoms with van der Waals surface area (Å²) in [5.74, 6) is 0.750. The Bertz CT molecular complexity index is 521. The molecule has 1 aliphatic carbocycles. The summed E-state index contributed by atoms with van der Waals surface area (Å²) < 4.78 is 31.4. The van der Waals surface area contributed by atoms with E-state index < -0.39 is 10.0 Å². The molecule has 110 valence electrons. The molecule has 0 aliphatic heterocycles. The van der Waals surface area contributed by atoms with Crippen molar-refractivity contribution in [2.75, 3.05) is 19.8 Å². The zero-order chi connectivity index (χ0) is 14.3. The van der Waals surface area contributed by atoms with Crippen LogP contribution >= 0.6 is 0 Å². The molecule has 0 atom stereocenters. The molecule has 1 fully saturated rings. The minimum Gasteiger partial charge on any atom is -0.381 e. The molecule has 4 nitrogen and oxygen atoms in total. The first-order valence-electron chi connectivity index (χ1n) is 6.96. The fraction of sp³-hybridized carbons (Fsp3) is 0.467. The van der Waals surface area contributed by atoms with Crippen LogP contribution in [0.4, 0.5) is 0 Å². The largest absolute Gasteiger partial charge is 0.381 e. The van der Waals surface area contributed by atoms with Gasteiger partial charge in [-0.3, -0.25) is 0 Å². The van der Waals surface area contributed by atoms with Gasteiger partial charge in [-0.05, 0) is 36.8 Å². The molecule has 1 aromatic rings. The van der Waals surface area contributed by atoms with Crippen molar-refractivity contribution in [3.05, 3.63) is 41.3 Å².